The van der Waals surface area contributed by atoms with Crippen molar-refractivity contribution < 1.29 is 42.1 Å². The van der Waals surface area contributed by atoms with E-state index in [1.807, 2.05) is 21.1 Å². The van der Waals surface area contributed by atoms with Gasteiger partial charge in [-0.25, -0.2) is 4.57 Å². The maximum absolute atomic E-state index is 12.7. The molecule has 0 spiro atoms. The molecule has 0 amide bonds. The number of carbonyl (C=O) groups is 2. The van der Waals surface area contributed by atoms with Gasteiger partial charge in [-0.1, -0.05) is 199 Å². The van der Waals surface area contributed by atoms with Crippen LogP contribution in [0.25, 0.3) is 0 Å². The molecule has 9 nitrogen and oxygen atoms in total. The zero-order valence-corrected chi connectivity index (χ0v) is 40.4. The molecule has 0 bridgehead atoms. The van der Waals surface area contributed by atoms with Gasteiger partial charge in [-0.05, 0) is 38.5 Å². The number of quaternary nitrogens is 1. The van der Waals surface area contributed by atoms with Crippen LogP contribution in [0.2, 0.25) is 0 Å². The summed E-state index contributed by atoms with van der Waals surface area (Å²) in [6.45, 7) is 4.45. The number of hydrogen-bond donors (Lipinski definition) is 1. The minimum atomic E-state index is -4.37. The van der Waals surface area contributed by atoms with Crippen LogP contribution in [0.1, 0.15) is 239 Å². The van der Waals surface area contributed by atoms with Crippen LogP contribution in [0.15, 0.2) is 12.2 Å². The molecule has 0 heterocycles. The molecule has 0 saturated carbocycles. The minimum Gasteiger partial charge on any atom is -0.462 e. The molecule has 1 N–H and O–H groups in total. The fourth-order valence-corrected chi connectivity index (χ4v) is 7.87. The third-order valence-electron chi connectivity index (χ3n) is 11.0. The first kappa shape index (κ1) is 57.8. The maximum atomic E-state index is 12.7. The fraction of sp³-hybridized carbons (Fsp3) is 0.918. The summed E-state index contributed by atoms with van der Waals surface area (Å²) in [5.41, 5.74) is 0. The highest BCUT2D eigenvalue weighted by Crippen LogP contribution is 2.43. The standard InChI is InChI=1S/C49H96NO8P/c1-6-8-10-12-14-16-18-20-22-23-24-25-26-28-29-31-33-35-37-39-41-48(51)55-45-47(46-57-59(53,54)56-44-43-50(3,4)5)58-49(52)42-40-38-36-34-32-30-27-21-19-17-15-13-11-9-7-2/h17,19,47H,6-16,18,20-46H2,1-5H3/p+1/b19-17+/t47-/m1/s1. The van der Waals surface area contributed by atoms with E-state index in [0.717, 1.165) is 44.9 Å². The second-order valence-corrected chi connectivity index (χ2v) is 19.7. The number of ether oxygens (including phenoxy) is 2. The SMILES string of the molecule is CCCCCC/C=C/CCCCCCCCCC(=O)O[C@H](COC(=O)CCCCCCCCCCCCCCCCCCCCCC)COP(=O)(O)OCC[N+](C)(C)C. The summed E-state index contributed by atoms with van der Waals surface area (Å²) in [6.07, 6.45) is 45.4. The Kier molecular flexibility index (Phi) is 41.2. The van der Waals surface area contributed by atoms with Gasteiger partial charge >= 0.3 is 19.8 Å². The number of phosphoric acid groups is 1. The van der Waals surface area contributed by atoms with E-state index in [2.05, 4.69) is 26.0 Å². The normalized spacial score (nSPS) is 13.5. The number of carbonyl (C=O) groups excluding carboxylic acids is 2. The van der Waals surface area contributed by atoms with Gasteiger partial charge < -0.3 is 18.9 Å². The average Bonchev–Trinajstić information content (AvgIpc) is 3.19. The van der Waals surface area contributed by atoms with Gasteiger partial charge in [-0.3, -0.25) is 18.6 Å². The molecule has 0 aliphatic carbocycles. The average molecular weight is 859 g/mol. The van der Waals surface area contributed by atoms with E-state index in [4.69, 9.17) is 18.5 Å². The first-order valence-corrected chi connectivity index (χ1v) is 26.4. The number of unbranched alkanes of at least 4 members (excludes halogenated alkanes) is 30. The highest BCUT2D eigenvalue weighted by molar-refractivity contribution is 7.47. The van der Waals surface area contributed by atoms with E-state index in [1.54, 1.807) is 0 Å². The zero-order valence-electron chi connectivity index (χ0n) is 39.5. The fourth-order valence-electron chi connectivity index (χ4n) is 7.13. The van der Waals surface area contributed by atoms with Gasteiger partial charge in [0, 0.05) is 12.8 Å². The minimum absolute atomic E-state index is 0.0342. The van der Waals surface area contributed by atoms with E-state index in [0.29, 0.717) is 23.9 Å². The van der Waals surface area contributed by atoms with Gasteiger partial charge in [0.15, 0.2) is 6.10 Å². The summed E-state index contributed by atoms with van der Waals surface area (Å²) < 4.78 is 34.4. The second-order valence-electron chi connectivity index (χ2n) is 18.2. The van der Waals surface area contributed by atoms with Crippen molar-refractivity contribution in [1.29, 1.82) is 0 Å². The van der Waals surface area contributed by atoms with Gasteiger partial charge in [0.2, 0.25) is 0 Å². The van der Waals surface area contributed by atoms with Crippen LogP contribution < -0.4 is 0 Å². The van der Waals surface area contributed by atoms with Crippen LogP contribution in [0.3, 0.4) is 0 Å². The number of hydrogen-bond acceptors (Lipinski definition) is 7. The van der Waals surface area contributed by atoms with Crippen LogP contribution in [0, 0.1) is 0 Å². The van der Waals surface area contributed by atoms with Crippen molar-refractivity contribution in [3.63, 3.8) is 0 Å². The predicted molar refractivity (Wildman–Crippen MR) is 248 cm³/mol. The Balaban J connectivity index is 4.22. The number of rotatable bonds is 46. The zero-order chi connectivity index (χ0) is 43.6. The summed E-state index contributed by atoms with van der Waals surface area (Å²) in [5, 5.41) is 0. The predicted octanol–water partition coefficient (Wildman–Crippen LogP) is 14.5. The molecule has 0 aliphatic heterocycles. The molecule has 0 fully saturated rings. The molecule has 0 rings (SSSR count). The number of likely N-dealkylation sites (N-methyl/N-ethyl adjacent to an activating group) is 1. The summed E-state index contributed by atoms with van der Waals surface area (Å²) >= 11 is 0. The van der Waals surface area contributed by atoms with Crippen molar-refractivity contribution in [3.8, 4) is 0 Å². The lowest BCUT2D eigenvalue weighted by Gasteiger charge is -2.24. The highest BCUT2D eigenvalue weighted by Gasteiger charge is 2.27. The van der Waals surface area contributed by atoms with Gasteiger partial charge in [0.05, 0.1) is 27.7 Å². The molecule has 0 aliphatic rings. The van der Waals surface area contributed by atoms with E-state index < -0.39 is 26.5 Å². The Hall–Kier alpha value is -1.25. The van der Waals surface area contributed by atoms with Crippen molar-refractivity contribution in [1.82, 2.24) is 0 Å². The summed E-state index contributed by atoms with van der Waals surface area (Å²) in [5.74, 6) is -0.790. The molecule has 59 heavy (non-hydrogen) atoms. The molecule has 0 aromatic rings. The molecule has 350 valence electrons. The largest absolute Gasteiger partial charge is 0.472 e. The lowest BCUT2D eigenvalue weighted by molar-refractivity contribution is -0.870. The molecular weight excluding hydrogens is 762 g/mol. The first-order chi connectivity index (χ1) is 28.5. The molecule has 0 radical (unpaired) electrons. The van der Waals surface area contributed by atoms with Crippen molar-refractivity contribution in [2.24, 2.45) is 0 Å². The molecule has 1 unspecified atom stereocenters. The Morgan fingerprint density at radius 2 is 0.864 bits per heavy atom. The first-order valence-electron chi connectivity index (χ1n) is 24.9. The molecule has 0 aromatic heterocycles. The van der Waals surface area contributed by atoms with E-state index in [-0.39, 0.29) is 25.6 Å². The van der Waals surface area contributed by atoms with E-state index >= 15 is 0 Å². The molecular formula is C49H97NO8P+. The number of esters is 2. The van der Waals surface area contributed by atoms with Crippen LogP contribution in [-0.4, -0.2) is 74.9 Å². The number of nitrogens with zero attached hydrogens (tertiary/aromatic N) is 1. The highest BCUT2D eigenvalue weighted by atomic mass is 31.2. The third-order valence-corrected chi connectivity index (χ3v) is 12.0. The Labute approximate surface area is 365 Å². The Bertz CT molecular complexity index is 1020. The lowest BCUT2D eigenvalue weighted by atomic mass is 10.0. The molecule has 0 saturated heterocycles. The summed E-state index contributed by atoms with van der Waals surface area (Å²) in [6, 6.07) is 0. The van der Waals surface area contributed by atoms with Crippen LogP contribution in [0.5, 0.6) is 0 Å². The Morgan fingerprint density at radius 3 is 1.27 bits per heavy atom. The van der Waals surface area contributed by atoms with E-state index in [9.17, 15) is 19.0 Å². The van der Waals surface area contributed by atoms with Crippen LogP contribution >= 0.6 is 7.82 Å². The topological polar surface area (TPSA) is 108 Å². The van der Waals surface area contributed by atoms with E-state index in [1.165, 1.54) is 161 Å². The van der Waals surface area contributed by atoms with Crippen molar-refractivity contribution in [2.75, 3.05) is 47.5 Å². The van der Waals surface area contributed by atoms with Gasteiger partial charge in [0.1, 0.15) is 19.8 Å². The maximum Gasteiger partial charge on any atom is 0.472 e. The smallest absolute Gasteiger partial charge is 0.462 e. The van der Waals surface area contributed by atoms with Gasteiger partial charge in [0.25, 0.3) is 0 Å². The van der Waals surface area contributed by atoms with Crippen molar-refractivity contribution >= 4 is 19.8 Å². The molecule has 10 heteroatoms. The summed E-state index contributed by atoms with van der Waals surface area (Å²) in [4.78, 5) is 35.5. The quantitative estimate of drug-likeness (QED) is 0.0212. The van der Waals surface area contributed by atoms with Gasteiger partial charge in [-0.2, -0.15) is 0 Å². The van der Waals surface area contributed by atoms with Crippen molar-refractivity contribution in [2.45, 2.75) is 245 Å². The lowest BCUT2D eigenvalue weighted by Crippen LogP contribution is -2.37. The third kappa shape index (κ3) is 46.1. The monoisotopic (exact) mass is 859 g/mol. The van der Waals surface area contributed by atoms with Crippen LogP contribution in [0.4, 0.5) is 0 Å². The van der Waals surface area contributed by atoms with Crippen molar-refractivity contribution in [3.05, 3.63) is 12.2 Å². The number of phosphoric ester groups is 1. The van der Waals surface area contributed by atoms with Crippen LogP contribution in [-0.2, 0) is 32.7 Å². The molecule has 0 aromatic carbocycles. The molecule has 2 atom stereocenters. The number of allylic oxidation sites excluding steroid dienone is 2. The Morgan fingerprint density at radius 1 is 0.508 bits per heavy atom. The summed E-state index contributed by atoms with van der Waals surface area (Å²) in [7, 11) is 1.49. The van der Waals surface area contributed by atoms with Gasteiger partial charge in [-0.15, -0.1) is 0 Å². The second kappa shape index (κ2) is 42.1.